The van der Waals surface area contributed by atoms with Crippen LogP contribution in [0.25, 0.3) is 0 Å². The van der Waals surface area contributed by atoms with Gasteiger partial charge in [0.15, 0.2) is 5.96 Å². The monoisotopic (exact) mass is 535 g/mol. The highest BCUT2D eigenvalue weighted by molar-refractivity contribution is 14.0. The summed E-state index contributed by atoms with van der Waals surface area (Å²) in [5.41, 5.74) is 0.592. The number of ether oxygens (including phenoxy) is 2. The minimum Gasteiger partial charge on any atom is -0.469 e. The number of hydrogen-bond acceptors (Lipinski definition) is 4. The molecule has 0 amide bonds. The Kier molecular flexibility index (Phi) is 10.9. The summed E-state index contributed by atoms with van der Waals surface area (Å²) in [4.78, 5) is 4.55. The van der Waals surface area contributed by atoms with Crippen LogP contribution in [0, 0.1) is 0 Å². The maximum atomic E-state index is 12.6. The van der Waals surface area contributed by atoms with E-state index in [1.54, 1.807) is 24.5 Å². The van der Waals surface area contributed by atoms with E-state index >= 15 is 0 Å². The van der Waals surface area contributed by atoms with Gasteiger partial charge in [0.05, 0.1) is 18.9 Å². The molecule has 1 aromatic carbocycles. The third-order valence-electron chi connectivity index (χ3n) is 4.61. The van der Waals surface area contributed by atoms with Crippen molar-refractivity contribution in [3.63, 3.8) is 0 Å². The number of guanidine groups is 1. The first-order valence-corrected chi connectivity index (χ1v) is 9.89. The molecule has 1 atom stereocenters. The molecule has 2 N–H and O–H groups in total. The second-order valence-corrected chi connectivity index (χ2v) is 6.78. The summed E-state index contributed by atoms with van der Waals surface area (Å²) in [7, 11) is 0. The zero-order valence-electron chi connectivity index (χ0n) is 16.7. The normalized spacial score (nSPS) is 16.8. The number of furan rings is 1. The summed E-state index contributed by atoms with van der Waals surface area (Å²) >= 11 is 0. The highest BCUT2D eigenvalue weighted by atomic mass is 127. The zero-order chi connectivity index (χ0) is 20.3. The number of hydrogen-bond donors (Lipinski definition) is 2. The first-order chi connectivity index (χ1) is 14.2. The number of nitrogens with one attached hydrogen (secondary N) is 2. The molecular formula is C21H28F2IN3O3. The molecule has 3 rings (SSSR count). The van der Waals surface area contributed by atoms with Gasteiger partial charge in [-0.2, -0.15) is 8.78 Å². The third-order valence-corrected chi connectivity index (χ3v) is 4.61. The van der Waals surface area contributed by atoms with Crippen LogP contribution in [-0.4, -0.2) is 38.4 Å². The molecule has 1 unspecified atom stereocenters. The van der Waals surface area contributed by atoms with Gasteiger partial charge in [0.1, 0.15) is 11.5 Å². The quantitative estimate of drug-likeness (QED) is 0.284. The smallest absolute Gasteiger partial charge is 0.387 e. The summed E-state index contributed by atoms with van der Waals surface area (Å²) in [6.45, 7) is -0.609. The largest absolute Gasteiger partial charge is 0.469 e. The molecule has 9 heteroatoms. The van der Waals surface area contributed by atoms with Crippen LogP contribution in [0.2, 0.25) is 0 Å². The molecule has 6 nitrogen and oxygen atoms in total. The molecule has 1 fully saturated rings. The van der Waals surface area contributed by atoms with E-state index in [1.807, 2.05) is 12.1 Å². The van der Waals surface area contributed by atoms with Gasteiger partial charge >= 0.3 is 6.61 Å². The second-order valence-electron chi connectivity index (χ2n) is 6.78. The van der Waals surface area contributed by atoms with Gasteiger partial charge in [-0.25, -0.2) is 4.99 Å². The van der Waals surface area contributed by atoms with Crippen molar-refractivity contribution in [1.82, 2.24) is 10.6 Å². The Hall–Kier alpha value is -1.88. The fourth-order valence-corrected chi connectivity index (χ4v) is 3.12. The first-order valence-electron chi connectivity index (χ1n) is 9.89. The van der Waals surface area contributed by atoms with Crippen molar-refractivity contribution in [1.29, 1.82) is 0 Å². The number of rotatable bonds is 9. The zero-order valence-corrected chi connectivity index (χ0v) is 19.0. The van der Waals surface area contributed by atoms with Gasteiger partial charge in [-0.05, 0) is 37.5 Å². The Bertz CT molecular complexity index is 754. The van der Waals surface area contributed by atoms with Crippen LogP contribution in [0.4, 0.5) is 8.78 Å². The number of aliphatic imine (C=N–C) groups is 1. The summed E-state index contributed by atoms with van der Waals surface area (Å²) < 4.78 is 40.9. The highest BCUT2D eigenvalue weighted by Gasteiger charge is 2.14. The van der Waals surface area contributed by atoms with Crippen LogP contribution >= 0.6 is 24.0 Å². The van der Waals surface area contributed by atoms with Crippen LogP contribution in [0.5, 0.6) is 5.75 Å². The SMILES string of the molecule is FC(F)Oc1ccccc1CN=C(NCCc1ccco1)NCC1CCCCO1.I. The summed E-state index contributed by atoms with van der Waals surface area (Å²) in [6.07, 6.45) is 5.76. The topological polar surface area (TPSA) is 68.0 Å². The molecule has 166 valence electrons. The molecule has 1 aromatic heterocycles. The summed E-state index contributed by atoms with van der Waals surface area (Å²) in [5, 5.41) is 6.56. The van der Waals surface area contributed by atoms with Crippen molar-refractivity contribution in [2.24, 2.45) is 4.99 Å². The van der Waals surface area contributed by atoms with Crippen LogP contribution in [0.3, 0.4) is 0 Å². The average Bonchev–Trinajstić information content (AvgIpc) is 3.24. The maximum absolute atomic E-state index is 12.6. The lowest BCUT2D eigenvalue weighted by Gasteiger charge is -2.24. The molecule has 0 saturated carbocycles. The van der Waals surface area contributed by atoms with E-state index < -0.39 is 6.61 Å². The van der Waals surface area contributed by atoms with Crippen molar-refractivity contribution in [2.75, 3.05) is 19.7 Å². The number of halogens is 3. The Labute approximate surface area is 192 Å². The van der Waals surface area contributed by atoms with Crippen LogP contribution in [0.1, 0.15) is 30.6 Å². The average molecular weight is 535 g/mol. The Balaban J connectivity index is 0.00000320. The molecule has 0 aliphatic carbocycles. The van der Waals surface area contributed by atoms with Crippen molar-refractivity contribution < 1.29 is 22.7 Å². The molecule has 2 aromatic rings. The minimum atomic E-state index is -2.87. The Morgan fingerprint density at radius 2 is 2.03 bits per heavy atom. The Morgan fingerprint density at radius 1 is 1.17 bits per heavy atom. The predicted molar refractivity (Wildman–Crippen MR) is 122 cm³/mol. The minimum absolute atomic E-state index is 0. The molecule has 0 spiro atoms. The lowest BCUT2D eigenvalue weighted by Crippen LogP contribution is -2.43. The lowest BCUT2D eigenvalue weighted by molar-refractivity contribution is -0.0504. The van der Waals surface area contributed by atoms with Gasteiger partial charge in [0, 0.05) is 31.7 Å². The van der Waals surface area contributed by atoms with Crippen LogP contribution in [0.15, 0.2) is 52.1 Å². The lowest BCUT2D eigenvalue weighted by atomic mass is 10.1. The van der Waals surface area contributed by atoms with Crippen molar-refractivity contribution >= 4 is 29.9 Å². The number of benzene rings is 1. The summed E-state index contributed by atoms with van der Waals surface area (Å²) in [5.74, 6) is 1.61. The molecule has 1 aliphatic heterocycles. The molecule has 0 radical (unpaired) electrons. The fraction of sp³-hybridized carbons (Fsp3) is 0.476. The van der Waals surface area contributed by atoms with Gasteiger partial charge in [0.25, 0.3) is 0 Å². The van der Waals surface area contributed by atoms with Gasteiger partial charge in [-0.3, -0.25) is 0 Å². The molecule has 2 heterocycles. The van der Waals surface area contributed by atoms with Gasteiger partial charge in [0.2, 0.25) is 0 Å². The standard InChI is InChI=1S/C21H27F2N3O3.HI/c22-20(23)29-19-9-2-1-6-16(19)14-25-21(24-11-10-17-8-5-13-27-17)26-15-18-7-3-4-12-28-18;/h1-2,5-6,8-9,13,18,20H,3-4,7,10-12,14-15H2,(H2,24,25,26);1H. The van der Waals surface area contributed by atoms with Crippen molar-refractivity contribution in [3.05, 3.63) is 54.0 Å². The molecule has 30 heavy (non-hydrogen) atoms. The van der Waals surface area contributed by atoms with E-state index in [0.29, 0.717) is 31.0 Å². The molecule has 0 bridgehead atoms. The van der Waals surface area contributed by atoms with E-state index in [9.17, 15) is 8.78 Å². The second kappa shape index (κ2) is 13.4. The van der Waals surface area contributed by atoms with E-state index in [1.165, 1.54) is 6.07 Å². The summed E-state index contributed by atoms with van der Waals surface area (Å²) in [6, 6.07) is 10.4. The van der Waals surface area contributed by atoms with Gasteiger partial charge < -0.3 is 24.5 Å². The first kappa shape index (κ1) is 24.4. The van der Waals surface area contributed by atoms with Gasteiger partial charge in [-0.15, -0.1) is 24.0 Å². The highest BCUT2D eigenvalue weighted by Crippen LogP contribution is 2.21. The number of para-hydroxylation sites is 1. The van der Waals surface area contributed by atoms with Crippen molar-refractivity contribution in [2.45, 2.75) is 44.9 Å². The maximum Gasteiger partial charge on any atom is 0.387 e. The van der Waals surface area contributed by atoms with E-state index in [4.69, 9.17) is 9.15 Å². The van der Waals surface area contributed by atoms with Gasteiger partial charge in [-0.1, -0.05) is 18.2 Å². The van der Waals surface area contributed by atoms with E-state index in [0.717, 1.165) is 31.6 Å². The molecule has 1 saturated heterocycles. The fourth-order valence-electron chi connectivity index (χ4n) is 3.12. The van der Waals surface area contributed by atoms with Crippen LogP contribution < -0.4 is 15.4 Å². The number of nitrogens with zero attached hydrogens (tertiary/aromatic N) is 1. The predicted octanol–water partition coefficient (Wildman–Crippen LogP) is 4.35. The Morgan fingerprint density at radius 3 is 2.77 bits per heavy atom. The van der Waals surface area contributed by atoms with Crippen molar-refractivity contribution in [3.8, 4) is 5.75 Å². The third kappa shape index (κ3) is 8.47. The van der Waals surface area contributed by atoms with E-state index in [2.05, 4.69) is 20.4 Å². The molecular weight excluding hydrogens is 507 g/mol. The van der Waals surface area contributed by atoms with Crippen LogP contribution in [-0.2, 0) is 17.7 Å². The molecule has 1 aliphatic rings. The number of alkyl halides is 2. The van der Waals surface area contributed by atoms with E-state index in [-0.39, 0.29) is 42.4 Å².